The average molecular weight is 405 g/mol. The Morgan fingerprint density at radius 3 is 2.57 bits per heavy atom. The molecule has 2 aromatic carbocycles. The number of benzene rings is 2. The van der Waals surface area contributed by atoms with Crippen LogP contribution < -0.4 is 10.0 Å². The lowest BCUT2D eigenvalue weighted by Crippen LogP contribution is -2.26. The molecule has 2 aromatic rings. The third-order valence-corrected chi connectivity index (χ3v) is 6.36. The monoisotopic (exact) mass is 404 g/mol. The van der Waals surface area contributed by atoms with E-state index >= 15 is 0 Å². The smallest absolute Gasteiger partial charge is 0.240 e. The topological polar surface area (TPSA) is 75.3 Å². The van der Waals surface area contributed by atoms with Gasteiger partial charge in [-0.25, -0.2) is 17.5 Å². The summed E-state index contributed by atoms with van der Waals surface area (Å²) in [5.41, 5.74) is 3.23. The van der Waals surface area contributed by atoms with Crippen molar-refractivity contribution < 1.29 is 17.6 Å². The molecule has 0 saturated heterocycles. The van der Waals surface area contributed by atoms with E-state index in [9.17, 15) is 17.6 Å². The van der Waals surface area contributed by atoms with Gasteiger partial charge in [0.2, 0.25) is 15.9 Å². The summed E-state index contributed by atoms with van der Waals surface area (Å²) in [5, 5.41) is 2.51. The molecule has 150 valence electrons. The Labute approximate surface area is 165 Å². The van der Waals surface area contributed by atoms with Crippen LogP contribution in [0.15, 0.2) is 41.3 Å². The van der Waals surface area contributed by atoms with E-state index in [-0.39, 0.29) is 29.5 Å². The molecule has 0 heterocycles. The van der Waals surface area contributed by atoms with Crippen LogP contribution in [0.4, 0.5) is 10.1 Å². The molecule has 0 atom stereocenters. The largest absolute Gasteiger partial charge is 0.324 e. The summed E-state index contributed by atoms with van der Waals surface area (Å²) in [6, 6.07) is 9.87. The van der Waals surface area contributed by atoms with Gasteiger partial charge < -0.3 is 5.32 Å². The molecule has 1 aliphatic rings. The molecular weight excluding hydrogens is 379 g/mol. The molecule has 0 aromatic heterocycles. The first kappa shape index (κ1) is 20.5. The van der Waals surface area contributed by atoms with E-state index in [0.29, 0.717) is 6.42 Å². The second-order valence-electron chi connectivity index (χ2n) is 7.17. The Kier molecular flexibility index (Phi) is 6.46. The van der Waals surface area contributed by atoms with Gasteiger partial charge in [0.15, 0.2) is 0 Å². The van der Waals surface area contributed by atoms with Gasteiger partial charge in [-0.2, -0.15) is 0 Å². The van der Waals surface area contributed by atoms with Gasteiger partial charge in [0.1, 0.15) is 5.82 Å². The Balaban J connectivity index is 1.49. The lowest BCUT2D eigenvalue weighted by Gasteiger charge is -2.16. The Morgan fingerprint density at radius 2 is 1.82 bits per heavy atom. The third kappa shape index (κ3) is 5.17. The van der Waals surface area contributed by atoms with Gasteiger partial charge >= 0.3 is 0 Å². The van der Waals surface area contributed by atoms with E-state index in [1.807, 2.05) is 6.07 Å². The van der Waals surface area contributed by atoms with Crippen LogP contribution in [0.25, 0.3) is 0 Å². The number of sulfonamides is 1. The predicted molar refractivity (Wildman–Crippen MR) is 107 cm³/mol. The minimum atomic E-state index is -3.60. The fraction of sp³-hybridized carbons (Fsp3) is 0.381. The van der Waals surface area contributed by atoms with Crippen molar-refractivity contribution >= 4 is 21.6 Å². The average Bonchev–Trinajstić information content (AvgIpc) is 2.67. The van der Waals surface area contributed by atoms with Crippen LogP contribution >= 0.6 is 0 Å². The van der Waals surface area contributed by atoms with Crippen molar-refractivity contribution in [3.63, 3.8) is 0 Å². The molecule has 3 rings (SSSR count). The summed E-state index contributed by atoms with van der Waals surface area (Å²) >= 11 is 0. The van der Waals surface area contributed by atoms with Crippen LogP contribution in [0, 0.1) is 12.7 Å². The number of fused-ring (bicyclic) bond motifs is 1. The molecule has 0 bridgehead atoms. The first-order valence-electron chi connectivity index (χ1n) is 9.52. The zero-order chi connectivity index (χ0) is 20.1. The molecule has 2 N–H and O–H groups in total. The molecule has 0 aliphatic heterocycles. The highest BCUT2D eigenvalue weighted by molar-refractivity contribution is 7.89. The summed E-state index contributed by atoms with van der Waals surface area (Å²) in [7, 11) is -3.60. The van der Waals surface area contributed by atoms with Crippen LogP contribution in [0.2, 0.25) is 0 Å². The van der Waals surface area contributed by atoms with Gasteiger partial charge in [-0.3, -0.25) is 4.79 Å². The highest BCUT2D eigenvalue weighted by atomic mass is 32.2. The molecule has 7 heteroatoms. The Bertz CT molecular complexity index is 974. The molecule has 5 nitrogen and oxygen atoms in total. The van der Waals surface area contributed by atoms with Crippen molar-refractivity contribution in [2.24, 2.45) is 0 Å². The number of halogens is 1. The molecule has 0 saturated carbocycles. The number of hydrogen-bond acceptors (Lipinski definition) is 3. The van der Waals surface area contributed by atoms with E-state index in [1.54, 1.807) is 25.1 Å². The fourth-order valence-electron chi connectivity index (χ4n) is 3.35. The summed E-state index contributed by atoms with van der Waals surface area (Å²) < 4.78 is 41.2. The molecule has 1 aliphatic carbocycles. The molecule has 0 fully saturated rings. The van der Waals surface area contributed by atoms with Gasteiger partial charge in [-0.05, 0) is 80.0 Å². The van der Waals surface area contributed by atoms with E-state index in [2.05, 4.69) is 10.0 Å². The second-order valence-corrected chi connectivity index (χ2v) is 8.94. The van der Waals surface area contributed by atoms with E-state index < -0.39 is 15.8 Å². The fourth-order valence-corrected chi connectivity index (χ4v) is 4.47. The molecular formula is C21H25FN2O3S. The number of anilines is 1. The highest BCUT2D eigenvalue weighted by Gasteiger charge is 2.17. The second kappa shape index (κ2) is 8.84. The van der Waals surface area contributed by atoms with Crippen molar-refractivity contribution in [1.29, 1.82) is 0 Å². The molecule has 0 spiro atoms. The van der Waals surface area contributed by atoms with Gasteiger partial charge in [0.05, 0.1) is 10.6 Å². The third-order valence-electron chi connectivity index (χ3n) is 4.90. The van der Waals surface area contributed by atoms with E-state index in [0.717, 1.165) is 36.8 Å². The molecule has 0 unspecified atom stereocenters. The SMILES string of the molecule is Cc1ccc(NC(=O)CCCNS(=O)(=O)c2ccc3c(c2)CCCC3)c(F)c1. The van der Waals surface area contributed by atoms with Gasteiger partial charge in [0.25, 0.3) is 0 Å². The Morgan fingerprint density at radius 1 is 1.07 bits per heavy atom. The first-order chi connectivity index (χ1) is 13.3. The number of carbonyl (C=O) groups excluding carboxylic acids is 1. The standard InChI is InChI=1S/C21H25FN2O3S/c1-15-8-11-20(19(22)13-15)24-21(25)7-4-12-23-28(26,27)18-10-9-16-5-2-3-6-17(16)14-18/h8-11,13-14,23H,2-7,12H2,1H3,(H,24,25). The van der Waals surface area contributed by atoms with Crippen molar-refractivity contribution in [2.75, 3.05) is 11.9 Å². The van der Waals surface area contributed by atoms with Crippen molar-refractivity contribution in [3.8, 4) is 0 Å². The van der Waals surface area contributed by atoms with E-state index in [1.165, 1.54) is 17.7 Å². The maximum absolute atomic E-state index is 13.8. The predicted octanol–water partition coefficient (Wildman–Crippen LogP) is 3.71. The van der Waals surface area contributed by atoms with E-state index in [4.69, 9.17) is 0 Å². The van der Waals surface area contributed by atoms with Crippen LogP contribution in [0.3, 0.4) is 0 Å². The van der Waals surface area contributed by atoms with Gasteiger partial charge in [0, 0.05) is 13.0 Å². The Hall–Kier alpha value is -2.25. The van der Waals surface area contributed by atoms with Crippen LogP contribution in [0.5, 0.6) is 0 Å². The van der Waals surface area contributed by atoms with Gasteiger partial charge in [-0.1, -0.05) is 12.1 Å². The van der Waals surface area contributed by atoms with Gasteiger partial charge in [-0.15, -0.1) is 0 Å². The maximum Gasteiger partial charge on any atom is 0.240 e. The number of nitrogens with one attached hydrogen (secondary N) is 2. The maximum atomic E-state index is 13.8. The van der Waals surface area contributed by atoms with Crippen molar-refractivity contribution in [2.45, 2.75) is 50.3 Å². The quantitative estimate of drug-likeness (QED) is 0.691. The van der Waals surface area contributed by atoms with Crippen molar-refractivity contribution in [1.82, 2.24) is 4.72 Å². The van der Waals surface area contributed by atoms with Crippen LogP contribution in [-0.2, 0) is 27.7 Å². The molecule has 28 heavy (non-hydrogen) atoms. The zero-order valence-corrected chi connectivity index (χ0v) is 16.7. The first-order valence-corrected chi connectivity index (χ1v) is 11.0. The lowest BCUT2D eigenvalue weighted by molar-refractivity contribution is -0.116. The summed E-state index contributed by atoms with van der Waals surface area (Å²) in [6.45, 7) is 1.91. The van der Waals surface area contributed by atoms with Crippen LogP contribution in [0.1, 0.15) is 42.4 Å². The minimum Gasteiger partial charge on any atom is -0.324 e. The number of amides is 1. The number of carbonyl (C=O) groups is 1. The number of hydrogen-bond donors (Lipinski definition) is 2. The summed E-state index contributed by atoms with van der Waals surface area (Å²) in [5.74, 6) is -0.836. The normalized spacial score (nSPS) is 13.8. The zero-order valence-electron chi connectivity index (χ0n) is 15.9. The highest BCUT2D eigenvalue weighted by Crippen LogP contribution is 2.24. The number of aryl methyl sites for hydroxylation is 3. The molecule has 1 amide bonds. The lowest BCUT2D eigenvalue weighted by atomic mass is 9.92. The molecule has 0 radical (unpaired) electrons. The summed E-state index contributed by atoms with van der Waals surface area (Å²) in [4.78, 5) is 12.2. The minimum absolute atomic E-state index is 0.0972. The number of rotatable bonds is 7. The van der Waals surface area contributed by atoms with Crippen LogP contribution in [-0.4, -0.2) is 20.9 Å². The van der Waals surface area contributed by atoms with Crippen molar-refractivity contribution in [3.05, 3.63) is 58.9 Å². The summed E-state index contributed by atoms with van der Waals surface area (Å²) in [6.07, 6.45) is 4.56.